The predicted octanol–water partition coefficient (Wildman–Crippen LogP) is 3.81. The number of nitrogens with one attached hydrogen (secondary N) is 1. The monoisotopic (exact) mass is 320 g/mol. The largest absolute Gasteiger partial charge is 0.323 e. The van der Waals surface area contributed by atoms with Crippen LogP contribution in [0.15, 0.2) is 54.6 Å². The van der Waals surface area contributed by atoms with Gasteiger partial charge in [-0.25, -0.2) is 0 Å². The molecule has 122 valence electrons. The van der Waals surface area contributed by atoms with E-state index in [-0.39, 0.29) is 18.4 Å². The zero-order valence-electron chi connectivity index (χ0n) is 13.8. The molecule has 1 heterocycles. The molecule has 4 nitrogen and oxygen atoms in total. The number of para-hydroxylation sites is 2. The molecule has 0 atom stereocenters. The minimum atomic E-state index is -0.203. The zero-order chi connectivity index (χ0) is 17.1. The van der Waals surface area contributed by atoms with E-state index in [1.807, 2.05) is 30.3 Å². The zero-order valence-corrected chi connectivity index (χ0v) is 13.8. The number of hydrogen-bond acceptors (Lipinski definition) is 2. The first-order chi connectivity index (χ1) is 11.5. The van der Waals surface area contributed by atoms with Gasteiger partial charge in [0.25, 0.3) is 5.91 Å². The van der Waals surface area contributed by atoms with Gasteiger partial charge in [-0.05, 0) is 35.3 Å². The minimum absolute atomic E-state index is 0.0342. The second-order valence-corrected chi connectivity index (χ2v) is 6.14. The van der Waals surface area contributed by atoms with Gasteiger partial charge in [0, 0.05) is 6.08 Å². The maximum atomic E-state index is 12.5. The second kappa shape index (κ2) is 6.71. The molecule has 0 fully saturated rings. The van der Waals surface area contributed by atoms with Crippen molar-refractivity contribution in [2.45, 2.75) is 19.8 Å². The molecule has 0 aromatic heterocycles. The molecule has 3 rings (SSSR count). The average Bonchev–Trinajstić information content (AvgIpc) is 2.59. The van der Waals surface area contributed by atoms with E-state index in [0.29, 0.717) is 11.6 Å². The summed E-state index contributed by atoms with van der Waals surface area (Å²) in [6, 6.07) is 15.4. The first-order valence-electron chi connectivity index (χ1n) is 8.03. The van der Waals surface area contributed by atoms with Gasteiger partial charge in [-0.15, -0.1) is 0 Å². The van der Waals surface area contributed by atoms with Crippen molar-refractivity contribution in [3.8, 4) is 0 Å². The van der Waals surface area contributed by atoms with Crippen molar-refractivity contribution in [2.24, 2.45) is 0 Å². The van der Waals surface area contributed by atoms with Crippen molar-refractivity contribution in [1.82, 2.24) is 0 Å². The molecule has 0 bridgehead atoms. The molecule has 2 aromatic carbocycles. The highest BCUT2D eigenvalue weighted by atomic mass is 16.2. The van der Waals surface area contributed by atoms with Gasteiger partial charge in [0.1, 0.15) is 6.54 Å². The van der Waals surface area contributed by atoms with Crippen LogP contribution in [0, 0.1) is 0 Å². The molecule has 0 aliphatic carbocycles. The Morgan fingerprint density at radius 2 is 1.83 bits per heavy atom. The normalized spacial score (nSPS) is 14.0. The maximum Gasteiger partial charge on any atom is 0.251 e. The number of rotatable bonds is 3. The summed E-state index contributed by atoms with van der Waals surface area (Å²) in [7, 11) is 0. The van der Waals surface area contributed by atoms with E-state index in [1.165, 1.54) is 16.5 Å². The summed E-state index contributed by atoms with van der Waals surface area (Å²) in [6.07, 6.45) is 3.29. The molecule has 1 aliphatic rings. The van der Waals surface area contributed by atoms with Crippen LogP contribution in [0.5, 0.6) is 0 Å². The van der Waals surface area contributed by atoms with E-state index in [9.17, 15) is 9.59 Å². The van der Waals surface area contributed by atoms with Crippen LogP contribution in [0.3, 0.4) is 0 Å². The molecule has 1 N–H and O–H groups in total. The average molecular weight is 320 g/mol. The van der Waals surface area contributed by atoms with E-state index < -0.39 is 0 Å². The lowest BCUT2D eigenvalue weighted by Gasteiger charge is -2.28. The van der Waals surface area contributed by atoms with Crippen LogP contribution in [0.2, 0.25) is 0 Å². The van der Waals surface area contributed by atoms with Crippen LogP contribution in [-0.4, -0.2) is 18.4 Å². The third-order valence-corrected chi connectivity index (χ3v) is 4.06. The SMILES string of the molecule is CC(C)c1ccc(/C=C/C(=O)N2CC(=O)Nc3ccccc32)cc1. The number of benzene rings is 2. The fraction of sp³-hybridized carbons (Fsp3) is 0.200. The Hall–Kier alpha value is -2.88. The lowest BCUT2D eigenvalue weighted by atomic mass is 10.0. The van der Waals surface area contributed by atoms with Gasteiger partial charge < -0.3 is 5.32 Å². The van der Waals surface area contributed by atoms with Crippen molar-refractivity contribution >= 4 is 29.3 Å². The Labute approximate surface area is 141 Å². The van der Waals surface area contributed by atoms with Crippen molar-refractivity contribution in [2.75, 3.05) is 16.8 Å². The summed E-state index contributed by atoms with van der Waals surface area (Å²) in [5.74, 6) is 0.0926. The Balaban J connectivity index is 1.78. The molecule has 0 unspecified atom stereocenters. The second-order valence-electron chi connectivity index (χ2n) is 6.14. The van der Waals surface area contributed by atoms with Crippen molar-refractivity contribution < 1.29 is 9.59 Å². The number of carbonyl (C=O) groups excluding carboxylic acids is 2. The van der Waals surface area contributed by atoms with E-state index >= 15 is 0 Å². The van der Waals surface area contributed by atoms with E-state index in [2.05, 4.69) is 31.3 Å². The van der Waals surface area contributed by atoms with Crippen LogP contribution in [0.4, 0.5) is 11.4 Å². The summed E-state index contributed by atoms with van der Waals surface area (Å²) < 4.78 is 0. The smallest absolute Gasteiger partial charge is 0.251 e. The Morgan fingerprint density at radius 1 is 1.12 bits per heavy atom. The highest BCUT2D eigenvalue weighted by Crippen LogP contribution is 2.29. The van der Waals surface area contributed by atoms with Gasteiger partial charge in [0.05, 0.1) is 11.4 Å². The third-order valence-electron chi connectivity index (χ3n) is 4.06. The van der Waals surface area contributed by atoms with Crippen LogP contribution < -0.4 is 10.2 Å². The summed E-state index contributed by atoms with van der Waals surface area (Å²) in [5, 5.41) is 2.78. The lowest BCUT2D eigenvalue weighted by molar-refractivity contribution is -0.119. The molecule has 4 heteroatoms. The fourth-order valence-electron chi connectivity index (χ4n) is 2.68. The highest BCUT2D eigenvalue weighted by Gasteiger charge is 2.24. The Morgan fingerprint density at radius 3 is 2.54 bits per heavy atom. The van der Waals surface area contributed by atoms with Gasteiger partial charge in [0.2, 0.25) is 5.91 Å². The number of anilines is 2. The third kappa shape index (κ3) is 3.38. The number of nitrogens with zero attached hydrogens (tertiary/aromatic N) is 1. The van der Waals surface area contributed by atoms with E-state index in [1.54, 1.807) is 12.1 Å². The summed E-state index contributed by atoms with van der Waals surface area (Å²) in [5.41, 5.74) is 3.61. The molecule has 0 saturated carbocycles. The molecule has 2 aromatic rings. The van der Waals surface area contributed by atoms with Crippen molar-refractivity contribution in [3.05, 3.63) is 65.7 Å². The van der Waals surface area contributed by atoms with Gasteiger partial charge in [-0.1, -0.05) is 50.2 Å². The van der Waals surface area contributed by atoms with E-state index in [0.717, 1.165) is 11.3 Å². The Bertz CT molecular complexity index is 792. The first-order valence-corrected chi connectivity index (χ1v) is 8.03. The molecule has 2 amide bonds. The number of carbonyl (C=O) groups is 2. The predicted molar refractivity (Wildman–Crippen MR) is 97.0 cm³/mol. The summed E-state index contributed by atoms with van der Waals surface area (Å²) >= 11 is 0. The fourth-order valence-corrected chi connectivity index (χ4v) is 2.68. The molecule has 0 saturated heterocycles. The van der Waals surface area contributed by atoms with Crippen LogP contribution in [0.25, 0.3) is 6.08 Å². The molecule has 1 aliphatic heterocycles. The standard InChI is InChI=1S/C20H20N2O2/c1-14(2)16-10-7-15(8-11-16)9-12-20(24)22-13-19(23)21-17-5-3-4-6-18(17)22/h3-12,14H,13H2,1-2H3,(H,21,23)/b12-9+. The topological polar surface area (TPSA) is 49.4 Å². The molecular weight excluding hydrogens is 300 g/mol. The van der Waals surface area contributed by atoms with Gasteiger partial charge in [-0.3, -0.25) is 14.5 Å². The van der Waals surface area contributed by atoms with Crippen LogP contribution >= 0.6 is 0 Å². The number of amides is 2. The van der Waals surface area contributed by atoms with Crippen LogP contribution in [-0.2, 0) is 9.59 Å². The van der Waals surface area contributed by atoms with Gasteiger partial charge in [0.15, 0.2) is 0 Å². The first kappa shape index (κ1) is 16.0. The summed E-state index contributed by atoms with van der Waals surface area (Å²) in [6.45, 7) is 4.33. The molecular formula is C20H20N2O2. The minimum Gasteiger partial charge on any atom is -0.323 e. The highest BCUT2D eigenvalue weighted by molar-refractivity contribution is 6.13. The van der Waals surface area contributed by atoms with Gasteiger partial charge in [-0.2, -0.15) is 0 Å². The van der Waals surface area contributed by atoms with Crippen LogP contribution in [0.1, 0.15) is 30.9 Å². The van der Waals surface area contributed by atoms with Crippen molar-refractivity contribution in [1.29, 1.82) is 0 Å². The Kier molecular flexibility index (Phi) is 4.47. The number of fused-ring (bicyclic) bond motifs is 1. The van der Waals surface area contributed by atoms with Crippen molar-refractivity contribution in [3.63, 3.8) is 0 Å². The quantitative estimate of drug-likeness (QED) is 0.874. The molecule has 0 radical (unpaired) electrons. The van der Waals surface area contributed by atoms with Gasteiger partial charge >= 0.3 is 0 Å². The number of hydrogen-bond donors (Lipinski definition) is 1. The molecule has 0 spiro atoms. The molecule has 24 heavy (non-hydrogen) atoms. The van der Waals surface area contributed by atoms with E-state index in [4.69, 9.17) is 0 Å². The lowest BCUT2D eigenvalue weighted by Crippen LogP contribution is -2.41. The maximum absolute atomic E-state index is 12.5. The summed E-state index contributed by atoms with van der Waals surface area (Å²) in [4.78, 5) is 25.8.